The van der Waals surface area contributed by atoms with E-state index in [1.807, 2.05) is 0 Å². The van der Waals surface area contributed by atoms with E-state index in [1.54, 1.807) is 6.26 Å². The van der Waals surface area contributed by atoms with Crippen molar-refractivity contribution in [2.45, 2.75) is 33.4 Å². The van der Waals surface area contributed by atoms with E-state index in [2.05, 4.69) is 55.0 Å². The summed E-state index contributed by atoms with van der Waals surface area (Å²) in [7, 11) is 4.16. The third-order valence-electron chi connectivity index (χ3n) is 2.84. The minimum absolute atomic E-state index is 0.385. The lowest BCUT2D eigenvalue weighted by atomic mass is 10.3. The Bertz CT molecular complexity index is 337. The lowest BCUT2D eigenvalue weighted by molar-refractivity contribution is 0.363. The molecule has 0 amide bonds. The molecule has 0 aliphatic heterocycles. The Balaban J connectivity index is 2.66. The molecule has 1 heterocycles. The Morgan fingerprint density at radius 2 is 2.11 bits per heavy atom. The van der Waals surface area contributed by atoms with Crippen molar-refractivity contribution in [1.82, 2.24) is 15.2 Å². The van der Waals surface area contributed by atoms with Gasteiger partial charge in [-0.05, 0) is 34.5 Å². The summed E-state index contributed by atoms with van der Waals surface area (Å²) < 4.78 is 5.57. The number of nitrogens with one attached hydrogen (secondary N) is 1. The lowest BCUT2D eigenvalue weighted by Crippen LogP contribution is -2.40. The van der Waals surface area contributed by atoms with E-state index in [4.69, 9.17) is 4.42 Å². The number of nitrogens with zero attached hydrogens (tertiary/aromatic N) is 3. The molecule has 1 N–H and O–H groups in total. The van der Waals surface area contributed by atoms with Crippen molar-refractivity contribution in [3.8, 4) is 0 Å². The number of hydrogen-bond donors (Lipinski definition) is 1. The number of likely N-dealkylation sites (N-methyl/N-ethyl adjacent to an activating group) is 2. The minimum atomic E-state index is 0.385. The van der Waals surface area contributed by atoms with Gasteiger partial charge in [-0.1, -0.05) is 6.92 Å². The van der Waals surface area contributed by atoms with Crippen molar-refractivity contribution in [3.05, 3.63) is 12.0 Å². The van der Waals surface area contributed by atoms with Crippen LogP contribution in [0.3, 0.4) is 0 Å². The molecule has 0 bridgehead atoms. The lowest BCUT2D eigenvalue weighted by Gasteiger charge is -2.28. The van der Waals surface area contributed by atoms with Gasteiger partial charge in [0, 0.05) is 25.7 Å². The highest BCUT2D eigenvalue weighted by molar-refractivity contribution is 5.28. The van der Waals surface area contributed by atoms with Gasteiger partial charge in [-0.15, -0.1) is 0 Å². The fraction of sp³-hybridized carbons (Fsp3) is 0.769. The average Bonchev–Trinajstić information content (AvgIpc) is 2.75. The monoisotopic (exact) mass is 254 g/mol. The first-order chi connectivity index (χ1) is 8.58. The zero-order valence-corrected chi connectivity index (χ0v) is 12.2. The van der Waals surface area contributed by atoms with Crippen LogP contribution in [0.25, 0.3) is 0 Å². The van der Waals surface area contributed by atoms with Gasteiger partial charge in [-0.3, -0.25) is 0 Å². The Morgan fingerprint density at radius 3 is 2.67 bits per heavy atom. The first-order valence-electron chi connectivity index (χ1n) is 6.64. The van der Waals surface area contributed by atoms with Crippen LogP contribution in [0.5, 0.6) is 0 Å². The molecule has 18 heavy (non-hydrogen) atoms. The van der Waals surface area contributed by atoms with Gasteiger partial charge in [-0.25, -0.2) is 0 Å². The molecule has 5 nitrogen and oxygen atoms in total. The molecule has 1 rings (SSSR count). The average molecular weight is 254 g/mol. The Morgan fingerprint density at radius 1 is 1.39 bits per heavy atom. The Hall–Kier alpha value is -1.07. The van der Waals surface area contributed by atoms with Crippen molar-refractivity contribution < 1.29 is 4.42 Å². The topological polar surface area (TPSA) is 44.5 Å². The van der Waals surface area contributed by atoms with Crippen LogP contribution in [0, 0.1) is 0 Å². The Kier molecular flexibility index (Phi) is 6.15. The summed E-state index contributed by atoms with van der Waals surface area (Å²) in [5.41, 5.74) is 0.961. The van der Waals surface area contributed by atoms with Crippen molar-refractivity contribution in [3.63, 3.8) is 0 Å². The van der Waals surface area contributed by atoms with Gasteiger partial charge in [0.15, 0.2) is 0 Å². The highest BCUT2D eigenvalue weighted by Crippen LogP contribution is 2.16. The van der Waals surface area contributed by atoms with Gasteiger partial charge >= 0.3 is 0 Å². The fourth-order valence-electron chi connectivity index (χ4n) is 2.02. The SMILES string of the molecule is CCNCc1coc(N(CC)C(C)CN(C)C)n1. The summed E-state index contributed by atoms with van der Waals surface area (Å²) in [6.45, 7) is 9.99. The van der Waals surface area contributed by atoms with Crippen molar-refractivity contribution >= 4 is 6.01 Å². The number of anilines is 1. The van der Waals surface area contributed by atoms with Crippen molar-refractivity contribution in [2.75, 3.05) is 38.6 Å². The smallest absolute Gasteiger partial charge is 0.297 e. The van der Waals surface area contributed by atoms with E-state index in [0.29, 0.717) is 6.04 Å². The molecule has 0 saturated heterocycles. The van der Waals surface area contributed by atoms with Crippen LogP contribution in [-0.2, 0) is 6.54 Å². The second kappa shape index (κ2) is 7.38. The van der Waals surface area contributed by atoms with Crippen LogP contribution in [-0.4, -0.2) is 49.7 Å². The van der Waals surface area contributed by atoms with Gasteiger partial charge < -0.3 is 19.5 Å². The molecule has 1 aromatic heterocycles. The van der Waals surface area contributed by atoms with E-state index in [1.165, 1.54) is 0 Å². The number of rotatable bonds is 8. The second-order valence-corrected chi connectivity index (χ2v) is 4.80. The van der Waals surface area contributed by atoms with Gasteiger partial charge in [-0.2, -0.15) is 4.98 Å². The van der Waals surface area contributed by atoms with Gasteiger partial charge in [0.25, 0.3) is 6.01 Å². The van der Waals surface area contributed by atoms with E-state index in [0.717, 1.165) is 37.9 Å². The summed E-state index contributed by atoms with van der Waals surface area (Å²) in [5.74, 6) is 0. The maximum Gasteiger partial charge on any atom is 0.297 e. The highest BCUT2D eigenvalue weighted by Gasteiger charge is 2.18. The quantitative estimate of drug-likeness (QED) is 0.763. The summed E-state index contributed by atoms with van der Waals surface area (Å²) in [6.07, 6.45) is 1.74. The second-order valence-electron chi connectivity index (χ2n) is 4.80. The van der Waals surface area contributed by atoms with Gasteiger partial charge in [0.1, 0.15) is 6.26 Å². The molecule has 0 spiro atoms. The van der Waals surface area contributed by atoms with Crippen LogP contribution in [0.1, 0.15) is 26.5 Å². The molecule has 1 aromatic rings. The summed E-state index contributed by atoms with van der Waals surface area (Å²) in [4.78, 5) is 8.89. The molecule has 0 radical (unpaired) electrons. The highest BCUT2D eigenvalue weighted by atomic mass is 16.4. The molecule has 5 heteroatoms. The normalized spacial score (nSPS) is 13.0. The molecule has 1 unspecified atom stereocenters. The molecule has 0 aromatic carbocycles. The van der Waals surface area contributed by atoms with Crippen LogP contribution >= 0.6 is 0 Å². The minimum Gasteiger partial charge on any atom is -0.432 e. The molecule has 104 valence electrons. The largest absolute Gasteiger partial charge is 0.432 e. The molecule has 1 atom stereocenters. The third kappa shape index (κ3) is 4.31. The maximum atomic E-state index is 5.57. The number of hydrogen-bond acceptors (Lipinski definition) is 5. The molecule has 0 fully saturated rings. The van der Waals surface area contributed by atoms with Crippen molar-refractivity contribution in [2.24, 2.45) is 0 Å². The van der Waals surface area contributed by atoms with Crippen molar-refractivity contribution in [1.29, 1.82) is 0 Å². The Labute approximate surface area is 110 Å². The molecule has 0 saturated carbocycles. The summed E-state index contributed by atoms with van der Waals surface area (Å²) in [5, 5.41) is 3.25. The van der Waals surface area contributed by atoms with E-state index in [9.17, 15) is 0 Å². The molecule has 0 aliphatic carbocycles. The van der Waals surface area contributed by atoms with E-state index >= 15 is 0 Å². The number of aromatic nitrogens is 1. The van der Waals surface area contributed by atoms with E-state index < -0.39 is 0 Å². The summed E-state index contributed by atoms with van der Waals surface area (Å²) >= 11 is 0. The van der Waals surface area contributed by atoms with Crippen LogP contribution < -0.4 is 10.2 Å². The van der Waals surface area contributed by atoms with E-state index in [-0.39, 0.29) is 0 Å². The first-order valence-corrected chi connectivity index (χ1v) is 6.64. The molecule has 0 aliphatic rings. The zero-order valence-electron chi connectivity index (χ0n) is 12.2. The predicted molar refractivity (Wildman–Crippen MR) is 74.9 cm³/mol. The maximum absolute atomic E-state index is 5.57. The fourth-order valence-corrected chi connectivity index (χ4v) is 2.02. The predicted octanol–water partition coefficient (Wildman–Crippen LogP) is 1.56. The standard InChI is InChI=1S/C13H26N4O/c1-6-14-8-12-10-18-13(15-12)17(7-2)11(3)9-16(4)5/h10-11,14H,6-9H2,1-5H3. The van der Waals surface area contributed by atoms with Crippen LogP contribution in [0.2, 0.25) is 0 Å². The molecular formula is C13H26N4O. The summed E-state index contributed by atoms with van der Waals surface area (Å²) in [6, 6.07) is 1.11. The first kappa shape index (κ1) is 15.0. The zero-order chi connectivity index (χ0) is 13.5. The van der Waals surface area contributed by atoms with Gasteiger partial charge in [0.2, 0.25) is 0 Å². The van der Waals surface area contributed by atoms with Gasteiger partial charge in [0.05, 0.1) is 5.69 Å². The third-order valence-corrected chi connectivity index (χ3v) is 2.84. The number of oxazole rings is 1. The molecular weight excluding hydrogens is 228 g/mol. The van der Waals surface area contributed by atoms with Crippen LogP contribution in [0.4, 0.5) is 6.01 Å². The van der Waals surface area contributed by atoms with Crippen LogP contribution in [0.15, 0.2) is 10.7 Å².